The Hall–Kier alpha value is -1.33. The number of aryl methyl sites for hydroxylation is 2. The van der Waals surface area contributed by atoms with Crippen LogP contribution in [0.2, 0.25) is 0 Å². The topological polar surface area (TPSA) is 50.7 Å². The summed E-state index contributed by atoms with van der Waals surface area (Å²) in [5.74, 6) is 0.783. The van der Waals surface area contributed by atoms with Gasteiger partial charge in [0.05, 0.1) is 5.69 Å². The fourth-order valence-electron chi connectivity index (χ4n) is 1.66. The Kier molecular flexibility index (Phi) is 4.38. The summed E-state index contributed by atoms with van der Waals surface area (Å²) < 4.78 is 0. The van der Waals surface area contributed by atoms with E-state index in [4.69, 9.17) is 0 Å². The molecule has 0 fully saturated rings. The van der Waals surface area contributed by atoms with E-state index < -0.39 is 0 Å². The van der Waals surface area contributed by atoms with Crippen molar-refractivity contribution in [2.45, 2.75) is 33.7 Å². The molecule has 2 aromatic rings. The van der Waals surface area contributed by atoms with Gasteiger partial charge in [-0.3, -0.25) is 0 Å². The van der Waals surface area contributed by atoms with Crippen molar-refractivity contribution in [2.24, 2.45) is 0 Å². The van der Waals surface area contributed by atoms with E-state index in [1.807, 2.05) is 13.0 Å². The van der Waals surface area contributed by atoms with Gasteiger partial charge in [0.1, 0.15) is 16.5 Å². The summed E-state index contributed by atoms with van der Waals surface area (Å²) in [4.78, 5) is 14.4. The van der Waals surface area contributed by atoms with Gasteiger partial charge in [-0.05, 0) is 32.9 Å². The van der Waals surface area contributed by atoms with Gasteiger partial charge in [0.2, 0.25) is 0 Å². The molecule has 1 N–H and O–H groups in total. The van der Waals surface area contributed by atoms with E-state index in [1.54, 1.807) is 17.5 Å². The molecule has 0 spiro atoms. The summed E-state index contributed by atoms with van der Waals surface area (Å²) in [6, 6.07) is 1.91. The van der Waals surface area contributed by atoms with E-state index in [1.165, 1.54) is 4.88 Å². The van der Waals surface area contributed by atoms with Crippen molar-refractivity contribution in [1.29, 1.82) is 0 Å². The van der Waals surface area contributed by atoms with Crippen LogP contribution < -0.4 is 5.32 Å². The van der Waals surface area contributed by atoms with Crippen LogP contribution in [0.15, 0.2) is 12.3 Å². The summed E-state index contributed by atoms with van der Waals surface area (Å²) in [6.07, 6.45) is 2.93. The second kappa shape index (κ2) is 6.02. The van der Waals surface area contributed by atoms with Crippen molar-refractivity contribution >= 4 is 11.3 Å². The zero-order chi connectivity index (χ0) is 13.0. The van der Waals surface area contributed by atoms with Crippen LogP contribution in [-0.2, 0) is 6.54 Å². The van der Waals surface area contributed by atoms with Crippen LogP contribution in [0.1, 0.15) is 29.7 Å². The smallest absolute Gasteiger partial charge is 0.142 e. The molecule has 0 saturated carbocycles. The molecular formula is C13H18N4S. The van der Waals surface area contributed by atoms with Gasteiger partial charge in [-0.15, -0.1) is 11.3 Å². The number of hydrogen-bond donors (Lipinski definition) is 1. The average molecular weight is 262 g/mol. The van der Waals surface area contributed by atoms with E-state index in [2.05, 4.69) is 34.1 Å². The van der Waals surface area contributed by atoms with Crippen molar-refractivity contribution in [3.63, 3.8) is 0 Å². The first-order valence-corrected chi connectivity index (χ1v) is 6.99. The molecule has 2 heterocycles. The highest BCUT2D eigenvalue weighted by Gasteiger charge is 2.10. The quantitative estimate of drug-likeness (QED) is 0.842. The average Bonchev–Trinajstić information content (AvgIpc) is 2.72. The SMILES string of the molecule is CCCNCc1sc(-c2ccnc(C)n2)nc1C. The molecule has 0 amide bonds. The monoisotopic (exact) mass is 262 g/mol. The molecule has 0 aliphatic carbocycles. The lowest BCUT2D eigenvalue weighted by atomic mass is 10.3. The fourth-order valence-corrected chi connectivity index (χ4v) is 2.66. The number of aromatic nitrogens is 3. The van der Waals surface area contributed by atoms with Gasteiger partial charge >= 0.3 is 0 Å². The van der Waals surface area contributed by atoms with Crippen LogP contribution >= 0.6 is 11.3 Å². The van der Waals surface area contributed by atoms with Gasteiger partial charge < -0.3 is 5.32 Å². The molecule has 18 heavy (non-hydrogen) atoms. The van der Waals surface area contributed by atoms with Gasteiger partial charge in [0.15, 0.2) is 0 Å². The molecule has 0 aliphatic heterocycles. The summed E-state index contributed by atoms with van der Waals surface area (Å²) in [6.45, 7) is 8.05. The summed E-state index contributed by atoms with van der Waals surface area (Å²) >= 11 is 1.71. The summed E-state index contributed by atoms with van der Waals surface area (Å²) in [7, 11) is 0. The van der Waals surface area contributed by atoms with E-state index in [0.717, 1.165) is 41.7 Å². The Bertz CT molecular complexity index is 521. The van der Waals surface area contributed by atoms with Crippen LogP contribution in [0.5, 0.6) is 0 Å². The van der Waals surface area contributed by atoms with Gasteiger partial charge in [0.25, 0.3) is 0 Å². The molecule has 0 unspecified atom stereocenters. The molecule has 5 heteroatoms. The Labute approximate surface area is 112 Å². The minimum Gasteiger partial charge on any atom is -0.312 e. The predicted molar refractivity (Wildman–Crippen MR) is 74.6 cm³/mol. The predicted octanol–water partition coefficient (Wildman–Crippen LogP) is 2.72. The number of nitrogens with zero attached hydrogens (tertiary/aromatic N) is 3. The standard InChI is InChI=1S/C13H18N4S/c1-4-6-14-8-12-9(2)16-13(18-12)11-5-7-15-10(3)17-11/h5,7,14H,4,6,8H2,1-3H3. The van der Waals surface area contributed by atoms with Crippen molar-refractivity contribution in [3.05, 3.63) is 28.7 Å². The van der Waals surface area contributed by atoms with E-state index in [-0.39, 0.29) is 0 Å². The second-order valence-corrected chi connectivity index (χ2v) is 5.28. The van der Waals surface area contributed by atoms with Crippen LogP contribution in [-0.4, -0.2) is 21.5 Å². The third-order valence-electron chi connectivity index (χ3n) is 2.60. The molecule has 96 valence electrons. The van der Waals surface area contributed by atoms with Gasteiger partial charge in [-0.2, -0.15) is 0 Å². The Morgan fingerprint density at radius 2 is 2.11 bits per heavy atom. The maximum atomic E-state index is 4.59. The van der Waals surface area contributed by atoms with Crippen molar-refractivity contribution in [3.8, 4) is 10.7 Å². The van der Waals surface area contributed by atoms with Crippen LogP contribution in [0.4, 0.5) is 0 Å². The number of nitrogens with one attached hydrogen (secondary N) is 1. The number of thiazole rings is 1. The maximum Gasteiger partial charge on any atom is 0.142 e. The molecule has 2 rings (SSSR count). The van der Waals surface area contributed by atoms with E-state index in [9.17, 15) is 0 Å². The molecule has 2 aromatic heterocycles. The lowest BCUT2D eigenvalue weighted by Gasteiger charge is -1.99. The minimum atomic E-state index is 0.783. The molecule has 0 atom stereocenters. The van der Waals surface area contributed by atoms with Crippen molar-refractivity contribution in [2.75, 3.05) is 6.54 Å². The van der Waals surface area contributed by atoms with Crippen LogP contribution in [0.3, 0.4) is 0 Å². The Balaban J connectivity index is 2.18. The summed E-state index contributed by atoms with van der Waals surface area (Å²) in [5.41, 5.74) is 2.01. The molecule has 4 nitrogen and oxygen atoms in total. The molecule has 0 aliphatic rings. The number of rotatable bonds is 5. The van der Waals surface area contributed by atoms with Gasteiger partial charge in [-0.25, -0.2) is 15.0 Å². The molecule has 0 bridgehead atoms. The van der Waals surface area contributed by atoms with Crippen LogP contribution in [0.25, 0.3) is 10.7 Å². The molecular weight excluding hydrogens is 244 g/mol. The third-order valence-corrected chi connectivity index (χ3v) is 3.78. The van der Waals surface area contributed by atoms with Crippen molar-refractivity contribution < 1.29 is 0 Å². The maximum absolute atomic E-state index is 4.59. The highest BCUT2D eigenvalue weighted by Crippen LogP contribution is 2.26. The lowest BCUT2D eigenvalue weighted by Crippen LogP contribution is -2.13. The first-order chi connectivity index (χ1) is 8.70. The van der Waals surface area contributed by atoms with E-state index >= 15 is 0 Å². The lowest BCUT2D eigenvalue weighted by molar-refractivity contribution is 0.678. The van der Waals surface area contributed by atoms with Crippen molar-refractivity contribution in [1.82, 2.24) is 20.3 Å². The second-order valence-electron chi connectivity index (χ2n) is 4.19. The summed E-state index contributed by atoms with van der Waals surface area (Å²) in [5, 5.41) is 4.38. The molecule has 0 saturated heterocycles. The zero-order valence-electron chi connectivity index (χ0n) is 11.0. The Morgan fingerprint density at radius 3 is 2.83 bits per heavy atom. The first-order valence-electron chi connectivity index (χ1n) is 6.17. The van der Waals surface area contributed by atoms with Crippen LogP contribution in [0, 0.1) is 13.8 Å². The highest BCUT2D eigenvalue weighted by molar-refractivity contribution is 7.15. The Morgan fingerprint density at radius 1 is 1.28 bits per heavy atom. The number of hydrogen-bond acceptors (Lipinski definition) is 5. The minimum absolute atomic E-state index is 0.783. The molecule has 0 radical (unpaired) electrons. The zero-order valence-corrected chi connectivity index (χ0v) is 11.8. The largest absolute Gasteiger partial charge is 0.312 e. The normalized spacial score (nSPS) is 10.8. The third kappa shape index (κ3) is 3.11. The van der Waals surface area contributed by atoms with Gasteiger partial charge in [0, 0.05) is 17.6 Å². The molecule has 0 aromatic carbocycles. The van der Waals surface area contributed by atoms with Gasteiger partial charge in [-0.1, -0.05) is 6.92 Å². The highest BCUT2D eigenvalue weighted by atomic mass is 32.1. The first kappa shape index (κ1) is 13.1. The van der Waals surface area contributed by atoms with E-state index in [0.29, 0.717) is 0 Å². The fraction of sp³-hybridized carbons (Fsp3) is 0.462.